The number of nitrogens with one attached hydrogen (secondary N) is 1. The van der Waals surface area contributed by atoms with Gasteiger partial charge in [0, 0.05) is 19.8 Å². The summed E-state index contributed by atoms with van der Waals surface area (Å²) in [5.74, 6) is 5.78. The Balaban J connectivity index is 2.23. The fraction of sp³-hybridized carbons (Fsp3) is 0.333. The molecule has 0 aliphatic carbocycles. The van der Waals surface area contributed by atoms with E-state index in [1.165, 1.54) is 27.9 Å². The second-order valence-corrected chi connectivity index (χ2v) is 5.83. The predicted molar refractivity (Wildman–Crippen MR) is 90.5 cm³/mol. The maximum Gasteiger partial charge on any atom is 0.0501 e. The number of nitrogens with two attached hydrogens (primary N) is 1. The second kappa shape index (κ2) is 6.74. The normalized spacial score (nSPS) is 12.2. The molecule has 2 aromatic carbocycles. The topological polar surface area (TPSA) is 41.3 Å². The molecule has 2 aromatic rings. The van der Waals surface area contributed by atoms with Crippen LogP contribution in [0.25, 0.3) is 0 Å². The van der Waals surface area contributed by atoms with E-state index >= 15 is 0 Å². The quantitative estimate of drug-likeness (QED) is 0.654. The lowest BCUT2D eigenvalue weighted by molar-refractivity contribution is 0.552. The molecule has 1 unspecified atom stereocenters. The largest absolute Gasteiger partial charge is 0.378 e. The Labute approximate surface area is 127 Å². The number of benzene rings is 2. The Morgan fingerprint density at radius 3 is 2.43 bits per heavy atom. The first-order valence-electron chi connectivity index (χ1n) is 7.31. The first-order chi connectivity index (χ1) is 10.0. The number of aryl methyl sites for hydroxylation is 2. The zero-order valence-electron chi connectivity index (χ0n) is 13.4. The number of hydrogen-bond acceptors (Lipinski definition) is 3. The Bertz CT molecular complexity index is 605. The molecule has 0 bridgehead atoms. The lowest BCUT2D eigenvalue weighted by Gasteiger charge is -2.20. The van der Waals surface area contributed by atoms with Gasteiger partial charge >= 0.3 is 0 Å². The van der Waals surface area contributed by atoms with Crippen molar-refractivity contribution in [3.8, 4) is 0 Å². The summed E-state index contributed by atoms with van der Waals surface area (Å²) in [6.07, 6.45) is 0.883. The SMILES string of the molecule is Cc1ccc(CC(NN)c2cccc(N(C)C)c2)cc1C. The van der Waals surface area contributed by atoms with Gasteiger partial charge in [0.2, 0.25) is 0 Å². The Kier molecular flexibility index (Phi) is 4.99. The van der Waals surface area contributed by atoms with Gasteiger partial charge < -0.3 is 4.90 Å². The van der Waals surface area contributed by atoms with Gasteiger partial charge in [-0.3, -0.25) is 11.3 Å². The molecule has 3 nitrogen and oxygen atoms in total. The molecule has 2 rings (SSSR count). The minimum atomic E-state index is 0.118. The number of nitrogens with zero attached hydrogens (tertiary/aromatic N) is 1. The number of anilines is 1. The summed E-state index contributed by atoms with van der Waals surface area (Å²) in [6.45, 7) is 4.29. The van der Waals surface area contributed by atoms with Crippen LogP contribution in [-0.4, -0.2) is 14.1 Å². The van der Waals surface area contributed by atoms with Crippen LogP contribution < -0.4 is 16.2 Å². The Morgan fingerprint density at radius 1 is 1.05 bits per heavy atom. The van der Waals surface area contributed by atoms with Crippen molar-refractivity contribution >= 4 is 5.69 Å². The van der Waals surface area contributed by atoms with E-state index in [2.05, 4.69) is 66.6 Å². The average Bonchev–Trinajstić information content (AvgIpc) is 2.48. The van der Waals surface area contributed by atoms with Gasteiger partial charge in [-0.05, 0) is 54.7 Å². The fourth-order valence-corrected chi connectivity index (χ4v) is 2.46. The van der Waals surface area contributed by atoms with E-state index in [4.69, 9.17) is 5.84 Å². The summed E-state index contributed by atoms with van der Waals surface area (Å²) < 4.78 is 0. The van der Waals surface area contributed by atoms with E-state index in [1.54, 1.807) is 0 Å². The van der Waals surface area contributed by atoms with Gasteiger partial charge in [0.25, 0.3) is 0 Å². The van der Waals surface area contributed by atoms with E-state index in [0.717, 1.165) is 6.42 Å². The van der Waals surface area contributed by atoms with Crippen LogP contribution in [0.5, 0.6) is 0 Å². The van der Waals surface area contributed by atoms with Crippen molar-refractivity contribution in [3.05, 3.63) is 64.7 Å². The van der Waals surface area contributed by atoms with E-state index in [1.807, 2.05) is 14.1 Å². The highest BCUT2D eigenvalue weighted by Gasteiger charge is 2.12. The van der Waals surface area contributed by atoms with Crippen molar-refractivity contribution in [1.29, 1.82) is 0 Å². The van der Waals surface area contributed by atoms with E-state index in [9.17, 15) is 0 Å². The minimum absolute atomic E-state index is 0.118. The Morgan fingerprint density at radius 2 is 1.81 bits per heavy atom. The highest BCUT2D eigenvalue weighted by atomic mass is 15.2. The number of rotatable bonds is 5. The van der Waals surface area contributed by atoms with Crippen LogP contribution in [0.1, 0.15) is 28.3 Å². The van der Waals surface area contributed by atoms with Crippen LogP contribution in [0.3, 0.4) is 0 Å². The molecule has 0 aliphatic rings. The van der Waals surface area contributed by atoms with Gasteiger partial charge in [-0.25, -0.2) is 0 Å². The third kappa shape index (κ3) is 3.84. The Hall–Kier alpha value is -1.84. The monoisotopic (exact) mass is 283 g/mol. The molecule has 0 saturated carbocycles. The highest BCUT2D eigenvalue weighted by molar-refractivity contribution is 5.48. The summed E-state index contributed by atoms with van der Waals surface area (Å²) in [5.41, 5.74) is 9.30. The minimum Gasteiger partial charge on any atom is -0.378 e. The van der Waals surface area contributed by atoms with Crippen LogP contribution >= 0.6 is 0 Å². The summed E-state index contributed by atoms with van der Waals surface area (Å²) in [4.78, 5) is 2.10. The molecule has 0 saturated heterocycles. The van der Waals surface area contributed by atoms with Gasteiger partial charge in [0.1, 0.15) is 0 Å². The molecule has 3 heteroatoms. The van der Waals surface area contributed by atoms with Crippen LogP contribution in [0.4, 0.5) is 5.69 Å². The van der Waals surface area contributed by atoms with Gasteiger partial charge in [-0.2, -0.15) is 0 Å². The molecule has 3 N–H and O–H groups in total. The van der Waals surface area contributed by atoms with Crippen molar-refractivity contribution in [2.24, 2.45) is 5.84 Å². The van der Waals surface area contributed by atoms with Crippen molar-refractivity contribution in [3.63, 3.8) is 0 Å². The van der Waals surface area contributed by atoms with Gasteiger partial charge in [0.15, 0.2) is 0 Å². The molecule has 0 aliphatic heterocycles. The van der Waals surface area contributed by atoms with E-state index in [-0.39, 0.29) is 6.04 Å². The lowest BCUT2D eigenvalue weighted by Crippen LogP contribution is -2.29. The third-order valence-electron chi connectivity index (χ3n) is 4.00. The molecule has 0 radical (unpaired) electrons. The van der Waals surface area contributed by atoms with Crippen LogP contribution in [0.2, 0.25) is 0 Å². The zero-order chi connectivity index (χ0) is 15.4. The van der Waals surface area contributed by atoms with Crippen LogP contribution in [0, 0.1) is 13.8 Å². The molecule has 21 heavy (non-hydrogen) atoms. The zero-order valence-corrected chi connectivity index (χ0v) is 13.4. The van der Waals surface area contributed by atoms with Gasteiger partial charge in [-0.15, -0.1) is 0 Å². The number of hydrazine groups is 1. The van der Waals surface area contributed by atoms with Crippen LogP contribution in [-0.2, 0) is 6.42 Å². The summed E-state index contributed by atoms with van der Waals surface area (Å²) in [7, 11) is 4.10. The standard InChI is InChI=1S/C18H25N3/c1-13-8-9-15(10-14(13)2)11-18(20-19)16-6-5-7-17(12-16)21(3)4/h5-10,12,18,20H,11,19H2,1-4H3. The molecule has 1 atom stereocenters. The van der Waals surface area contributed by atoms with Gasteiger partial charge in [0.05, 0.1) is 6.04 Å². The molecule has 0 amide bonds. The van der Waals surface area contributed by atoms with Crippen molar-refractivity contribution < 1.29 is 0 Å². The van der Waals surface area contributed by atoms with Crippen molar-refractivity contribution in [2.75, 3.05) is 19.0 Å². The van der Waals surface area contributed by atoms with E-state index < -0.39 is 0 Å². The molecule has 112 valence electrons. The van der Waals surface area contributed by atoms with Crippen LogP contribution in [0.15, 0.2) is 42.5 Å². The maximum absolute atomic E-state index is 5.78. The fourth-order valence-electron chi connectivity index (χ4n) is 2.46. The van der Waals surface area contributed by atoms with Crippen molar-refractivity contribution in [1.82, 2.24) is 5.43 Å². The number of hydrogen-bond donors (Lipinski definition) is 2. The summed E-state index contributed by atoms with van der Waals surface area (Å²) in [5, 5.41) is 0. The predicted octanol–water partition coefficient (Wildman–Crippen LogP) is 3.12. The molecule has 0 heterocycles. The third-order valence-corrected chi connectivity index (χ3v) is 4.00. The summed E-state index contributed by atoms with van der Waals surface area (Å²) in [6, 6.07) is 15.2. The maximum atomic E-state index is 5.78. The van der Waals surface area contributed by atoms with Crippen molar-refractivity contribution in [2.45, 2.75) is 26.3 Å². The van der Waals surface area contributed by atoms with Gasteiger partial charge in [-0.1, -0.05) is 30.3 Å². The molecular weight excluding hydrogens is 258 g/mol. The smallest absolute Gasteiger partial charge is 0.0501 e. The first kappa shape index (κ1) is 15.5. The lowest BCUT2D eigenvalue weighted by atomic mass is 9.96. The molecule has 0 aromatic heterocycles. The molecule has 0 spiro atoms. The second-order valence-electron chi connectivity index (χ2n) is 5.83. The molecular formula is C18H25N3. The molecule has 0 fully saturated rings. The first-order valence-corrected chi connectivity index (χ1v) is 7.31. The van der Waals surface area contributed by atoms with E-state index in [0.29, 0.717) is 0 Å². The average molecular weight is 283 g/mol. The highest BCUT2D eigenvalue weighted by Crippen LogP contribution is 2.23. The summed E-state index contributed by atoms with van der Waals surface area (Å²) >= 11 is 0.